The first-order valence-electron chi connectivity index (χ1n) is 10.3. The minimum absolute atomic E-state index is 1.04. The zero-order chi connectivity index (χ0) is 19.5. The van der Waals surface area contributed by atoms with E-state index in [-0.39, 0.29) is 0 Å². The molecule has 0 amide bonds. The minimum atomic E-state index is 1.04. The first-order valence-corrected chi connectivity index (χ1v) is 10.3. The maximum atomic E-state index is 4.82. The van der Waals surface area contributed by atoms with Crippen LogP contribution in [-0.2, 0) is 13.0 Å². The Bertz CT molecular complexity index is 904. The van der Waals surface area contributed by atoms with Gasteiger partial charge in [0.1, 0.15) is 0 Å². The SMILES string of the molecule is CCc1ccc(CN2CCN(c3c(C)nn(-c4ccccc4)c3C)CC2)cc1. The standard InChI is InChI=1S/C24H30N4/c1-4-21-10-12-22(13-11-21)18-26-14-16-27(17-15-26)24-19(2)25-28(20(24)3)23-8-6-5-7-9-23/h5-13H,4,14-18H2,1-3H3. The monoisotopic (exact) mass is 374 g/mol. The first kappa shape index (κ1) is 18.8. The summed E-state index contributed by atoms with van der Waals surface area (Å²) in [6.07, 6.45) is 1.11. The van der Waals surface area contributed by atoms with Crippen molar-refractivity contribution in [1.82, 2.24) is 14.7 Å². The summed E-state index contributed by atoms with van der Waals surface area (Å²) in [5.74, 6) is 0. The Kier molecular flexibility index (Phi) is 5.49. The number of anilines is 1. The van der Waals surface area contributed by atoms with Gasteiger partial charge in [-0.25, -0.2) is 4.68 Å². The quantitative estimate of drug-likeness (QED) is 0.663. The van der Waals surface area contributed by atoms with Crippen LogP contribution in [0.3, 0.4) is 0 Å². The molecular formula is C24H30N4. The van der Waals surface area contributed by atoms with Gasteiger partial charge in [0, 0.05) is 32.7 Å². The Hall–Kier alpha value is -2.59. The normalized spacial score (nSPS) is 15.2. The highest BCUT2D eigenvalue weighted by molar-refractivity contribution is 5.57. The molecule has 28 heavy (non-hydrogen) atoms. The van der Waals surface area contributed by atoms with Crippen LogP contribution in [0.2, 0.25) is 0 Å². The summed E-state index contributed by atoms with van der Waals surface area (Å²) in [7, 11) is 0. The molecule has 0 spiro atoms. The molecule has 4 heteroatoms. The second-order valence-electron chi connectivity index (χ2n) is 7.70. The molecule has 146 valence electrons. The molecule has 0 bridgehead atoms. The van der Waals surface area contributed by atoms with Gasteiger partial charge in [-0.2, -0.15) is 5.10 Å². The molecule has 1 aliphatic rings. The third-order valence-electron chi connectivity index (χ3n) is 5.78. The molecular weight excluding hydrogens is 344 g/mol. The van der Waals surface area contributed by atoms with Crippen molar-refractivity contribution in [1.29, 1.82) is 0 Å². The molecule has 4 nitrogen and oxygen atoms in total. The first-order chi connectivity index (χ1) is 13.7. The van der Waals surface area contributed by atoms with E-state index in [9.17, 15) is 0 Å². The van der Waals surface area contributed by atoms with E-state index in [1.807, 2.05) is 6.07 Å². The third kappa shape index (κ3) is 3.83. The van der Waals surface area contributed by atoms with Gasteiger partial charge >= 0.3 is 0 Å². The van der Waals surface area contributed by atoms with E-state index in [1.54, 1.807) is 0 Å². The molecule has 0 aliphatic carbocycles. The van der Waals surface area contributed by atoms with Crippen LogP contribution in [0.15, 0.2) is 54.6 Å². The minimum Gasteiger partial charge on any atom is -0.366 e. The van der Waals surface area contributed by atoms with E-state index in [1.165, 1.54) is 22.5 Å². The highest BCUT2D eigenvalue weighted by atomic mass is 15.3. The summed E-state index contributed by atoms with van der Waals surface area (Å²) in [5.41, 5.74) is 7.60. The van der Waals surface area contributed by atoms with Crippen LogP contribution in [0, 0.1) is 13.8 Å². The van der Waals surface area contributed by atoms with E-state index >= 15 is 0 Å². The number of benzene rings is 2. The maximum Gasteiger partial charge on any atom is 0.0834 e. The smallest absolute Gasteiger partial charge is 0.0834 e. The number of nitrogens with zero attached hydrogens (tertiary/aromatic N) is 4. The van der Waals surface area contributed by atoms with Crippen molar-refractivity contribution in [3.8, 4) is 5.69 Å². The van der Waals surface area contributed by atoms with Gasteiger partial charge in [-0.05, 0) is 43.5 Å². The van der Waals surface area contributed by atoms with Gasteiger partial charge in [0.15, 0.2) is 0 Å². The average molecular weight is 375 g/mol. The van der Waals surface area contributed by atoms with Crippen molar-refractivity contribution < 1.29 is 0 Å². The molecule has 1 aliphatic heterocycles. The number of aromatic nitrogens is 2. The number of aryl methyl sites for hydroxylation is 2. The van der Waals surface area contributed by atoms with Crippen molar-refractivity contribution in [3.63, 3.8) is 0 Å². The van der Waals surface area contributed by atoms with Crippen LogP contribution in [-0.4, -0.2) is 40.9 Å². The fourth-order valence-corrected chi connectivity index (χ4v) is 4.18. The van der Waals surface area contributed by atoms with Crippen molar-refractivity contribution in [2.45, 2.75) is 33.7 Å². The summed E-state index contributed by atoms with van der Waals surface area (Å²) in [4.78, 5) is 5.07. The van der Waals surface area contributed by atoms with E-state index in [0.717, 1.165) is 50.5 Å². The summed E-state index contributed by atoms with van der Waals surface area (Å²) in [5, 5.41) is 4.82. The maximum absolute atomic E-state index is 4.82. The Morgan fingerprint density at radius 1 is 0.821 bits per heavy atom. The molecule has 0 saturated carbocycles. The van der Waals surface area contributed by atoms with Crippen LogP contribution < -0.4 is 4.90 Å². The molecule has 0 unspecified atom stereocenters. The molecule has 0 atom stereocenters. The Morgan fingerprint density at radius 2 is 1.46 bits per heavy atom. The van der Waals surface area contributed by atoms with E-state index in [2.05, 4.69) is 83.8 Å². The number of para-hydroxylation sites is 1. The van der Waals surface area contributed by atoms with Gasteiger partial charge < -0.3 is 4.90 Å². The van der Waals surface area contributed by atoms with Gasteiger partial charge in [0.25, 0.3) is 0 Å². The van der Waals surface area contributed by atoms with Crippen LogP contribution in [0.4, 0.5) is 5.69 Å². The summed E-state index contributed by atoms with van der Waals surface area (Å²) < 4.78 is 2.08. The predicted octanol–water partition coefficient (Wildman–Crippen LogP) is 4.37. The van der Waals surface area contributed by atoms with Gasteiger partial charge in [0.05, 0.1) is 22.8 Å². The van der Waals surface area contributed by atoms with E-state index < -0.39 is 0 Å². The Morgan fingerprint density at radius 3 is 2.11 bits per heavy atom. The lowest BCUT2D eigenvalue weighted by atomic mass is 10.1. The predicted molar refractivity (Wildman–Crippen MR) is 116 cm³/mol. The van der Waals surface area contributed by atoms with Crippen molar-refractivity contribution >= 4 is 5.69 Å². The fraction of sp³-hybridized carbons (Fsp3) is 0.375. The number of piperazine rings is 1. The summed E-state index contributed by atoms with van der Waals surface area (Å²) in [6, 6.07) is 19.5. The van der Waals surface area contributed by atoms with Crippen LogP contribution in [0.5, 0.6) is 0 Å². The molecule has 2 aromatic carbocycles. The zero-order valence-electron chi connectivity index (χ0n) is 17.2. The molecule has 1 fully saturated rings. The Labute approximate surface area is 168 Å². The zero-order valence-corrected chi connectivity index (χ0v) is 17.2. The highest BCUT2D eigenvalue weighted by Gasteiger charge is 2.23. The number of hydrogen-bond acceptors (Lipinski definition) is 3. The lowest BCUT2D eigenvalue weighted by molar-refractivity contribution is 0.249. The number of hydrogen-bond donors (Lipinski definition) is 0. The lowest BCUT2D eigenvalue weighted by Gasteiger charge is -2.36. The molecule has 0 radical (unpaired) electrons. The van der Waals surface area contributed by atoms with E-state index in [0.29, 0.717) is 0 Å². The second kappa shape index (κ2) is 8.19. The largest absolute Gasteiger partial charge is 0.366 e. The van der Waals surface area contributed by atoms with Crippen molar-refractivity contribution in [3.05, 3.63) is 77.1 Å². The van der Waals surface area contributed by atoms with Crippen molar-refractivity contribution in [2.75, 3.05) is 31.1 Å². The molecule has 1 aromatic heterocycles. The lowest BCUT2D eigenvalue weighted by Crippen LogP contribution is -2.46. The molecule has 0 N–H and O–H groups in total. The van der Waals surface area contributed by atoms with Crippen molar-refractivity contribution in [2.24, 2.45) is 0 Å². The van der Waals surface area contributed by atoms with Crippen LogP contribution >= 0.6 is 0 Å². The summed E-state index contributed by atoms with van der Waals surface area (Å²) in [6.45, 7) is 11.8. The number of rotatable bonds is 5. The van der Waals surface area contributed by atoms with Gasteiger partial charge in [-0.15, -0.1) is 0 Å². The van der Waals surface area contributed by atoms with Gasteiger partial charge in [-0.3, -0.25) is 4.90 Å². The second-order valence-corrected chi connectivity index (χ2v) is 7.70. The van der Waals surface area contributed by atoms with Gasteiger partial charge in [-0.1, -0.05) is 49.4 Å². The topological polar surface area (TPSA) is 24.3 Å². The van der Waals surface area contributed by atoms with E-state index in [4.69, 9.17) is 5.10 Å². The summed E-state index contributed by atoms with van der Waals surface area (Å²) >= 11 is 0. The van der Waals surface area contributed by atoms with Crippen LogP contribution in [0.1, 0.15) is 29.4 Å². The average Bonchev–Trinajstić information content (AvgIpc) is 3.04. The molecule has 1 saturated heterocycles. The van der Waals surface area contributed by atoms with Crippen LogP contribution in [0.25, 0.3) is 5.69 Å². The molecule has 2 heterocycles. The molecule has 4 rings (SSSR count). The molecule has 3 aromatic rings. The third-order valence-corrected chi connectivity index (χ3v) is 5.78. The highest BCUT2D eigenvalue weighted by Crippen LogP contribution is 2.28. The fourth-order valence-electron chi connectivity index (χ4n) is 4.18. The Balaban J connectivity index is 1.43. The van der Waals surface area contributed by atoms with Gasteiger partial charge in [0.2, 0.25) is 0 Å².